The van der Waals surface area contributed by atoms with Crippen LogP contribution in [-0.4, -0.2) is 37.2 Å². The lowest BCUT2D eigenvalue weighted by atomic mass is 10.0. The van der Waals surface area contributed by atoms with Crippen LogP contribution >= 0.6 is 0 Å². The van der Waals surface area contributed by atoms with E-state index in [0.29, 0.717) is 19.3 Å². The van der Waals surface area contributed by atoms with Crippen molar-refractivity contribution in [3.63, 3.8) is 0 Å². The summed E-state index contributed by atoms with van der Waals surface area (Å²) in [6.45, 7) is 6.69. The maximum atomic E-state index is 13.0. The van der Waals surface area contributed by atoms with E-state index in [1.807, 2.05) is 0 Å². The van der Waals surface area contributed by atoms with Crippen LogP contribution in [0, 0.1) is 0 Å². The van der Waals surface area contributed by atoms with E-state index in [0.717, 1.165) is 77.0 Å². The van der Waals surface area contributed by atoms with Gasteiger partial charge in [-0.2, -0.15) is 0 Å². The summed E-state index contributed by atoms with van der Waals surface area (Å²) < 4.78 is 17.0. The lowest BCUT2D eigenvalue weighted by molar-refractivity contribution is -0.167. The van der Waals surface area contributed by atoms with E-state index in [-0.39, 0.29) is 31.1 Å². The number of rotatable bonds is 68. The van der Waals surface area contributed by atoms with E-state index in [1.54, 1.807) is 0 Å². The van der Waals surface area contributed by atoms with E-state index in [4.69, 9.17) is 14.2 Å². The fourth-order valence-corrected chi connectivity index (χ4v) is 11.0. The van der Waals surface area contributed by atoms with Crippen LogP contribution in [-0.2, 0) is 28.6 Å². The van der Waals surface area contributed by atoms with E-state index >= 15 is 0 Å². The number of hydrogen-bond acceptors (Lipinski definition) is 6. The third-order valence-corrected chi connectivity index (χ3v) is 16.6. The zero-order valence-corrected chi connectivity index (χ0v) is 55.3. The van der Waals surface area contributed by atoms with Gasteiger partial charge in [0.1, 0.15) is 13.2 Å². The van der Waals surface area contributed by atoms with Crippen LogP contribution in [0.25, 0.3) is 0 Å². The zero-order valence-electron chi connectivity index (χ0n) is 55.3. The van der Waals surface area contributed by atoms with Crippen molar-refractivity contribution in [2.45, 2.75) is 406 Å². The molecule has 0 fully saturated rings. The highest BCUT2D eigenvalue weighted by molar-refractivity contribution is 5.71. The minimum Gasteiger partial charge on any atom is -0.462 e. The molecule has 0 spiro atoms. The van der Waals surface area contributed by atoms with Crippen molar-refractivity contribution in [2.75, 3.05) is 13.2 Å². The summed E-state index contributed by atoms with van der Waals surface area (Å²) in [5, 5.41) is 0. The van der Waals surface area contributed by atoms with Gasteiger partial charge in [-0.15, -0.1) is 0 Å². The van der Waals surface area contributed by atoms with Crippen molar-refractivity contribution in [2.24, 2.45) is 0 Å². The second-order valence-electron chi connectivity index (χ2n) is 24.9. The Balaban J connectivity index is 4.29. The predicted octanol–water partition coefficient (Wildman–Crippen LogP) is 25.3. The number of carbonyl (C=O) groups is 3. The second-order valence-corrected chi connectivity index (χ2v) is 24.9. The van der Waals surface area contributed by atoms with E-state index < -0.39 is 6.10 Å². The molecule has 0 aromatic heterocycles. The Labute approximate surface area is 511 Å². The molecule has 0 aromatic carbocycles. The van der Waals surface area contributed by atoms with Gasteiger partial charge in [0.15, 0.2) is 6.10 Å². The van der Waals surface area contributed by atoms with Crippen LogP contribution in [0.1, 0.15) is 400 Å². The Bertz CT molecular complexity index is 1410. The van der Waals surface area contributed by atoms with Gasteiger partial charge in [0.2, 0.25) is 0 Å². The molecule has 0 saturated heterocycles. The molecular formula is C76H140O6. The van der Waals surface area contributed by atoms with E-state index in [1.165, 1.54) is 283 Å². The first-order chi connectivity index (χ1) is 40.5. The molecule has 0 heterocycles. The van der Waals surface area contributed by atoms with Gasteiger partial charge < -0.3 is 14.2 Å². The second kappa shape index (κ2) is 70.9. The number of carbonyl (C=O) groups excluding carboxylic acids is 3. The number of unbranched alkanes of at least 4 members (excludes halogenated alkanes) is 49. The van der Waals surface area contributed by atoms with Gasteiger partial charge in [0.25, 0.3) is 0 Å². The number of esters is 3. The fourth-order valence-electron chi connectivity index (χ4n) is 11.0. The Hall–Kier alpha value is -2.63. The molecule has 82 heavy (non-hydrogen) atoms. The van der Waals surface area contributed by atoms with E-state index in [2.05, 4.69) is 69.4 Å². The molecule has 0 amide bonds. The average molecular weight is 1150 g/mol. The van der Waals surface area contributed by atoms with Crippen LogP contribution in [0.3, 0.4) is 0 Å². The number of allylic oxidation sites excluding steroid dienone is 8. The molecule has 0 aromatic rings. The smallest absolute Gasteiger partial charge is 0.306 e. The molecule has 1 atom stereocenters. The minimum absolute atomic E-state index is 0.0736. The third kappa shape index (κ3) is 68.2. The quantitative estimate of drug-likeness (QED) is 0.0261. The SMILES string of the molecule is CCCCCCC/C=C\C/C=C\C/C=C\CCCCCCCCC(=O)OC(COC(=O)CCCCCCCCCCCCCCCCCC)COC(=O)CCCCCCCCCCCCCCCCC/C=C\CCCCCCCCCC. The molecule has 0 bridgehead atoms. The Kier molecular flexibility index (Phi) is 68.6. The first-order valence-electron chi connectivity index (χ1n) is 36.6. The van der Waals surface area contributed by atoms with Gasteiger partial charge >= 0.3 is 17.9 Å². The lowest BCUT2D eigenvalue weighted by Crippen LogP contribution is -2.30. The summed E-state index contributed by atoms with van der Waals surface area (Å²) in [6.07, 6.45) is 90.0. The molecule has 0 saturated carbocycles. The van der Waals surface area contributed by atoms with Gasteiger partial charge in [0, 0.05) is 19.3 Å². The predicted molar refractivity (Wildman–Crippen MR) is 358 cm³/mol. The van der Waals surface area contributed by atoms with Crippen molar-refractivity contribution in [1.29, 1.82) is 0 Å². The molecular weight excluding hydrogens is 1010 g/mol. The molecule has 0 radical (unpaired) electrons. The molecule has 480 valence electrons. The molecule has 0 rings (SSSR count). The van der Waals surface area contributed by atoms with Gasteiger partial charge in [-0.25, -0.2) is 0 Å². The molecule has 0 N–H and O–H groups in total. The van der Waals surface area contributed by atoms with Crippen LogP contribution in [0.15, 0.2) is 48.6 Å². The normalized spacial score (nSPS) is 12.3. The Morgan fingerprint density at radius 1 is 0.244 bits per heavy atom. The lowest BCUT2D eigenvalue weighted by Gasteiger charge is -2.18. The fraction of sp³-hybridized carbons (Fsp3) is 0.855. The van der Waals surface area contributed by atoms with E-state index in [9.17, 15) is 14.4 Å². The third-order valence-electron chi connectivity index (χ3n) is 16.6. The van der Waals surface area contributed by atoms with Crippen LogP contribution in [0.4, 0.5) is 0 Å². The van der Waals surface area contributed by atoms with Gasteiger partial charge in [-0.1, -0.05) is 345 Å². The maximum Gasteiger partial charge on any atom is 0.306 e. The van der Waals surface area contributed by atoms with Gasteiger partial charge in [-0.05, 0) is 83.5 Å². The van der Waals surface area contributed by atoms with Crippen LogP contribution < -0.4 is 0 Å². The standard InChI is InChI=1S/C76H140O6/c1-4-7-10-13-16-19-22-25-28-31-33-35-36-37-38-39-40-42-43-45-48-51-54-57-60-63-66-69-75(78)81-72-73(71-80-74(77)68-65-62-59-56-53-50-47-30-27-24-21-18-15-12-9-6-3)82-76(79)70-67-64-61-58-55-52-49-46-44-41-34-32-29-26-23-20-17-14-11-8-5-2/h23,26,31-34,44,46,73H,4-22,24-25,27-30,35-43,45,47-72H2,1-3H3/b26-23-,33-31-,34-32-,46-44-. The highest BCUT2D eigenvalue weighted by Gasteiger charge is 2.19. The molecule has 0 aliphatic carbocycles. The molecule has 0 aliphatic rings. The molecule has 6 heteroatoms. The average Bonchev–Trinajstić information content (AvgIpc) is 3.48. The summed E-state index contributed by atoms with van der Waals surface area (Å²) in [7, 11) is 0. The van der Waals surface area contributed by atoms with Gasteiger partial charge in [-0.3, -0.25) is 14.4 Å². The topological polar surface area (TPSA) is 78.9 Å². The monoisotopic (exact) mass is 1150 g/mol. The first kappa shape index (κ1) is 79.4. The minimum atomic E-state index is -0.780. The van der Waals surface area contributed by atoms with Crippen molar-refractivity contribution >= 4 is 17.9 Å². The summed E-state index contributed by atoms with van der Waals surface area (Å²) in [4.78, 5) is 38.5. The van der Waals surface area contributed by atoms with Crippen molar-refractivity contribution in [1.82, 2.24) is 0 Å². The zero-order chi connectivity index (χ0) is 59.2. The first-order valence-corrected chi connectivity index (χ1v) is 36.6. The van der Waals surface area contributed by atoms with Crippen LogP contribution in [0.5, 0.6) is 0 Å². The number of ether oxygens (including phenoxy) is 3. The largest absolute Gasteiger partial charge is 0.462 e. The highest BCUT2D eigenvalue weighted by Crippen LogP contribution is 2.18. The Morgan fingerprint density at radius 2 is 0.439 bits per heavy atom. The summed E-state index contributed by atoms with van der Waals surface area (Å²) in [5.74, 6) is -0.857. The van der Waals surface area contributed by atoms with Crippen molar-refractivity contribution in [3.8, 4) is 0 Å². The maximum absolute atomic E-state index is 13.0. The highest BCUT2D eigenvalue weighted by atomic mass is 16.6. The molecule has 0 aliphatic heterocycles. The van der Waals surface area contributed by atoms with Crippen molar-refractivity contribution < 1.29 is 28.6 Å². The molecule has 6 nitrogen and oxygen atoms in total. The van der Waals surface area contributed by atoms with Crippen LogP contribution in [0.2, 0.25) is 0 Å². The Morgan fingerprint density at radius 3 is 0.695 bits per heavy atom. The number of hydrogen-bond donors (Lipinski definition) is 0. The molecule has 1 unspecified atom stereocenters. The summed E-state index contributed by atoms with van der Waals surface area (Å²) in [6, 6.07) is 0. The van der Waals surface area contributed by atoms with Crippen molar-refractivity contribution in [3.05, 3.63) is 48.6 Å². The van der Waals surface area contributed by atoms with Gasteiger partial charge in [0.05, 0.1) is 0 Å². The summed E-state index contributed by atoms with van der Waals surface area (Å²) in [5.41, 5.74) is 0. The summed E-state index contributed by atoms with van der Waals surface area (Å²) >= 11 is 0.